The molecule has 4 heterocycles. The van der Waals surface area contributed by atoms with Gasteiger partial charge in [-0.2, -0.15) is 0 Å². The minimum atomic E-state index is -0.506. The number of allylic oxidation sites excluding steroid dienone is 2. The second-order valence-electron chi connectivity index (χ2n) is 9.20. The molecule has 2 aromatic rings. The maximum Gasteiger partial charge on any atom is 0.239 e. The fourth-order valence-corrected chi connectivity index (χ4v) is 7.02. The van der Waals surface area contributed by atoms with E-state index in [0.717, 1.165) is 0 Å². The third-order valence-electron chi connectivity index (χ3n) is 8.10. The molecule has 2 bridgehead atoms. The molecule has 6 aliphatic rings. The maximum absolute atomic E-state index is 13.4. The molecular formula is C24H18N4O4. The summed E-state index contributed by atoms with van der Waals surface area (Å²) in [4.78, 5) is 64.2. The Morgan fingerprint density at radius 3 is 1.34 bits per heavy atom. The summed E-state index contributed by atoms with van der Waals surface area (Å²) >= 11 is 0. The van der Waals surface area contributed by atoms with Crippen LogP contribution in [0.2, 0.25) is 0 Å². The molecule has 8 heteroatoms. The number of carbonyl (C=O) groups excluding carboxylic acids is 4. The van der Waals surface area contributed by atoms with E-state index in [2.05, 4.69) is 9.97 Å². The summed E-state index contributed by atoms with van der Waals surface area (Å²) in [6, 6.07) is 10.3. The van der Waals surface area contributed by atoms with E-state index in [-0.39, 0.29) is 47.3 Å². The molecule has 4 aliphatic carbocycles. The van der Waals surface area contributed by atoms with Crippen molar-refractivity contribution in [2.45, 2.75) is 0 Å². The molecule has 2 aliphatic heterocycles. The summed E-state index contributed by atoms with van der Waals surface area (Å²) in [6.45, 7) is 0. The molecule has 2 saturated heterocycles. The second-order valence-corrected chi connectivity index (χ2v) is 9.20. The minimum Gasteiger partial charge on any atom is -0.274 e. The molecule has 8 atom stereocenters. The molecule has 4 amide bonds. The van der Waals surface area contributed by atoms with E-state index in [9.17, 15) is 19.2 Å². The van der Waals surface area contributed by atoms with Crippen molar-refractivity contribution in [3.63, 3.8) is 0 Å². The Bertz CT molecular complexity index is 1170. The first-order chi connectivity index (χ1) is 15.6. The summed E-state index contributed by atoms with van der Waals surface area (Å²) in [7, 11) is 0. The lowest BCUT2D eigenvalue weighted by molar-refractivity contribution is -0.166. The van der Waals surface area contributed by atoms with Gasteiger partial charge in [0.2, 0.25) is 23.6 Å². The van der Waals surface area contributed by atoms with Crippen LogP contribution < -0.4 is 9.80 Å². The van der Waals surface area contributed by atoms with Crippen molar-refractivity contribution in [2.24, 2.45) is 47.3 Å². The maximum atomic E-state index is 13.4. The molecule has 8 nitrogen and oxygen atoms in total. The van der Waals surface area contributed by atoms with Crippen LogP contribution in [0, 0.1) is 47.3 Å². The SMILES string of the molecule is O=C1[C@@H]2[C@H]3C=C[C@@H]([C@@H]2C(=O)N1c1ccccn1)[C@@H]1[C@@H]2C(=O)N(c4ccccn4)C(=O)[C@H]2[C@H]31. The third-order valence-corrected chi connectivity index (χ3v) is 8.10. The van der Waals surface area contributed by atoms with E-state index in [0.29, 0.717) is 11.6 Å². The largest absolute Gasteiger partial charge is 0.274 e. The van der Waals surface area contributed by atoms with E-state index in [1.54, 1.807) is 48.8 Å². The highest BCUT2D eigenvalue weighted by Crippen LogP contribution is 2.68. The standard InChI is InChI=1S/C24H18N4O4/c29-21-17-11-7-8-12(18(17)22(30)27(21)13-5-1-3-9-25-13)16-15(11)19-20(16)24(32)28(23(19)31)14-6-2-4-10-26-14/h1-12,15-20H/t11-,12+,15+,16-,17+,18-,19-,20-/m0/s1. The Kier molecular flexibility index (Phi) is 3.35. The monoisotopic (exact) mass is 426 g/mol. The van der Waals surface area contributed by atoms with Gasteiger partial charge >= 0.3 is 0 Å². The summed E-state index contributed by atoms with van der Waals surface area (Å²) < 4.78 is 0. The van der Waals surface area contributed by atoms with Gasteiger partial charge in [-0.05, 0) is 47.9 Å². The molecule has 0 N–H and O–H groups in total. The first-order valence-electron chi connectivity index (χ1n) is 10.9. The zero-order valence-corrected chi connectivity index (χ0v) is 16.8. The van der Waals surface area contributed by atoms with Crippen molar-refractivity contribution in [3.8, 4) is 0 Å². The molecule has 8 rings (SSSR count). The zero-order chi connectivity index (χ0) is 21.7. The average Bonchev–Trinajstić information content (AvgIpc) is 3.19. The van der Waals surface area contributed by atoms with Crippen molar-refractivity contribution in [1.82, 2.24) is 9.97 Å². The average molecular weight is 426 g/mol. The van der Waals surface area contributed by atoms with Crippen LogP contribution in [0.15, 0.2) is 60.9 Å². The number of amides is 4. The molecule has 4 fully saturated rings. The van der Waals surface area contributed by atoms with Gasteiger partial charge in [0, 0.05) is 12.4 Å². The van der Waals surface area contributed by atoms with Crippen LogP contribution >= 0.6 is 0 Å². The highest BCUT2D eigenvalue weighted by molar-refractivity contribution is 6.24. The normalized spacial score (nSPS) is 38.6. The van der Waals surface area contributed by atoms with E-state index in [1.807, 2.05) is 12.2 Å². The predicted octanol–water partition coefficient (Wildman–Crippen LogP) is 1.45. The third kappa shape index (κ3) is 1.94. The second kappa shape index (κ2) is 5.97. The fourth-order valence-electron chi connectivity index (χ4n) is 7.02. The van der Waals surface area contributed by atoms with Gasteiger partial charge in [0.1, 0.15) is 11.6 Å². The Morgan fingerprint density at radius 2 is 0.969 bits per heavy atom. The van der Waals surface area contributed by atoms with Crippen molar-refractivity contribution in [1.29, 1.82) is 0 Å². The lowest BCUT2D eigenvalue weighted by atomic mass is 9.40. The van der Waals surface area contributed by atoms with Gasteiger partial charge < -0.3 is 0 Å². The van der Waals surface area contributed by atoms with Crippen molar-refractivity contribution < 1.29 is 19.2 Å². The van der Waals surface area contributed by atoms with Gasteiger partial charge in [-0.1, -0.05) is 24.3 Å². The van der Waals surface area contributed by atoms with Crippen molar-refractivity contribution in [2.75, 3.05) is 9.80 Å². The highest BCUT2D eigenvalue weighted by atomic mass is 16.2. The molecule has 0 radical (unpaired) electrons. The number of anilines is 2. The van der Waals surface area contributed by atoms with E-state index < -0.39 is 23.7 Å². The van der Waals surface area contributed by atoms with E-state index >= 15 is 0 Å². The van der Waals surface area contributed by atoms with Crippen LogP contribution in [0.3, 0.4) is 0 Å². The smallest absolute Gasteiger partial charge is 0.239 e. The molecule has 2 aromatic heterocycles. The number of pyridine rings is 2. The number of rotatable bonds is 2. The zero-order valence-electron chi connectivity index (χ0n) is 16.8. The lowest BCUT2D eigenvalue weighted by Crippen LogP contribution is -2.63. The predicted molar refractivity (Wildman–Crippen MR) is 111 cm³/mol. The molecule has 0 spiro atoms. The number of nitrogens with zero attached hydrogens (tertiary/aromatic N) is 4. The van der Waals surface area contributed by atoms with Gasteiger partial charge in [0.25, 0.3) is 0 Å². The van der Waals surface area contributed by atoms with Gasteiger partial charge in [-0.3, -0.25) is 19.2 Å². The molecule has 0 unspecified atom stereocenters. The number of hydrogen-bond acceptors (Lipinski definition) is 6. The summed E-state index contributed by atoms with van der Waals surface area (Å²) in [5.74, 6) is -2.93. The topological polar surface area (TPSA) is 101 Å². The number of imide groups is 2. The number of hydrogen-bond donors (Lipinski definition) is 0. The number of aromatic nitrogens is 2. The number of fused-ring (bicyclic) bond motifs is 1. The van der Waals surface area contributed by atoms with E-state index in [1.165, 1.54) is 9.80 Å². The van der Waals surface area contributed by atoms with Crippen LogP contribution in [0.4, 0.5) is 11.6 Å². The molecule has 2 saturated carbocycles. The lowest BCUT2D eigenvalue weighted by Gasteiger charge is -2.60. The van der Waals surface area contributed by atoms with Crippen LogP contribution in [0.5, 0.6) is 0 Å². The number of carbonyl (C=O) groups is 4. The van der Waals surface area contributed by atoms with Crippen molar-refractivity contribution >= 4 is 35.3 Å². The highest BCUT2D eigenvalue weighted by Gasteiger charge is 2.75. The van der Waals surface area contributed by atoms with Crippen LogP contribution in [-0.4, -0.2) is 33.6 Å². The Balaban J connectivity index is 1.27. The van der Waals surface area contributed by atoms with Gasteiger partial charge in [0.05, 0.1) is 23.7 Å². The van der Waals surface area contributed by atoms with E-state index in [4.69, 9.17) is 0 Å². The molecule has 0 aromatic carbocycles. The minimum absolute atomic E-state index is 0.109. The van der Waals surface area contributed by atoms with Crippen molar-refractivity contribution in [3.05, 3.63) is 60.9 Å². The summed E-state index contributed by atoms with van der Waals surface area (Å²) in [5.41, 5.74) is 0. The Morgan fingerprint density at radius 1 is 0.562 bits per heavy atom. The van der Waals surface area contributed by atoms with Gasteiger partial charge in [-0.25, -0.2) is 19.8 Å². The first kappa shape index (κ1) is 17.9. The van der Waals surface area contributed by atoms with Crippen LogP contribution in [0.25, 0.3) is 0 Å². The van der Waals surface area contributed by atoms with Gasteiger partial charge in [0.15, 0.2) is 0 Å². The Labute approximate surface area is 182 Å². The summed E-state index contributed by atoms with van der Waals surface area (Å²) in [5, 5.41) is 0. The Hall–Kier alpha value is -3.68. The first-order valence-corrected chi connectivity index (χ1v) is 10.9. The van der Waals surface area contributed by atoms with Crippen LogP contribution in [0.1, 0.15) is 0 Å². The molecular weight excluding hydrogens is 408 g/mol. The molecule has 32 heavy (non-hydrogen) atoms. The van der Waals surface area contributed by atoms with Crippen LogP contribution in [-0.2, 0) is 19.2 Å². The van der Waals surface area contributed by atoms with Gasteiger partial charge in [-0.15, -0.1) is 0 Å². The molecule has 158 valence electrons. The fraction of sp³-hybridized carbons (Fsp3) is 0.333. The summed E-state index contributed by atoms with van der Waals surface area (Å²) in [6.07, 6.45) is 7.11. The quantitative estimate of drug-likeness (QED) is 0.532.